The van der Waals surface area contributed by atoms with Gasteiger partial charge in [0.1, 0.15) is 11.6 Å². The van der Waals surface area contributed by atoms with E-state index in [0.717, 1.165) is 31.3 Å². The van der Waals surface area contributed by atoms with Crippen LogP contribution in [0.2, 0.25) is 0 Å². The molecule has 4 heteroatoms. The lowest BCUT2D eigenvalue weighted by Gasteiger charge is -2.43. The number of rotatable bonds is 3. The Kier molecular flexibility index (Phi) is 3.44. The van der Waals surface area contributed by atoms with E-state index in [2.05, 4.69) is 41.7 Å². The molecule has 1 saturated heterocycles. The van der Waals surface area contributed by atoms with Crippen molar-refractivity contribution in [1.29, 1.82) is 0 Å². The molecule has 4 nitrogen and oxygen atoms in total. The van der Waals surface area contributed by atoms with Crippen molar-refractivity contribution in [3.8, 4) is 0 Å². The van der Waals surface area contributed by atoms with Crippen molar-refractivity contribution in [1.82, 2.24) is 14.9 Å². The Labute approximate surface area is 115 Å². The van der Waals surface area contributed by atoms with Gasteiger partial charge < -0.3 is 9.80 Å². The Morgan fingerprint density at radius 3 is 2.74 bits per heavy atom. The van der Waals surface area contributed by atoms with Crippen molar-refractivity contribution in [2.45, 2.75) is 38.6 Å². The van der Waals surface area contributed by atoms with E-state index in [9.17, 15) is 0 Å². The SMILES string of the molecule is CC(C)C1CN(C)CCN1c1ccnc(C2CC2)n1. The van der Waals surface area contributed by atoms with Gasteiger partial charge >= 0.3 is 0 Å². The van der Waals surface area contributed by atoms with Gasteiger partial charge in [-0.15, -0.1) is 0 Å². The van der Waals surface area contributed by atoms with Crippen LogP contribution in [0.4, 0.5) is 5.82 Å². The van der Waals surface area contributed by atoms with Crippen molar-refractivity contribution in [2.24, 2.45) is 5.92 Å². The molecule has 0 amide bonds. The molecule has 1 saturated carbocycles. The van der Waals surface area contributed by atoms with Crippen LogP contribution in [0.1, 0.15) is 38.4 Å². The van der Waals surface area contributed by atoms with Crippen molar-refractivity contribution in [3.63, 3.8) is 0 Å². The zero-order chi connectivity index (χ0) is 13.4. The molecule has 2 aliphatic rings. The first kappa shape index (κ1) is 12.9. The van der Waals surface area contributed by atoms with E-state index in [-0.39, 0.29) is 0 Å². The molecule has 19 heavy (non-hydrogen) atoms. The van der Waals surface area contributed by atoms with E-state index in [0.29, 0.717) is 17.9 Å². The molecule has 1 aliphatic carbocycles. The molecule has 0 N–H and O–H groups in total. The van der Waals surface area contributed by atoms with E-state index >= 15 is 0 Å². The van der Waals surface area contributed by atoms with Gasteiger partial charge in [0.15, 0.2) is 0 Å². The summed E-state index contributed by atoms with van der Waals surface area (Å²) in [7, 11) is 2.21. The number of hydrogen-bond donors (Lipinski definition) is 0. The number of aromatic nitrogens is 2. The molecule has 3 rings (SSSR count). The number of nitrogens with zero attached hydrogens (tertiary/aromatic N) is 4. The molecule has 1 unspecified atom stereocenters. The van der Waals surface area contributed by atoms with E-state index in [1.165, 1.54) is 12.8 Å². The predicted molar refractivity (Wildman–Crippen MR) is 77.5 cm³/mol. The lowest BCUT2D eigenvalue weighted by Crippen LogP contribution is -2.54. The lowest BCUT2D eigenvalue weighted by molar-refractivity contribution is 0.236. The fourth-order valence-electron chi connectivity index (χ4n) is 2.87. The molecule has 104 valence electrons. The van der Waals surface area contributed by atoms with Crippen molar-refractivity contribution in [3.05, 3.63) is 18.1 Å². The van der Waals surface area contributed by atoms with Gasteiger partial charge in [0.25, 0.3) is 0 Å². The lowest BCUT2D eigenvalue weighted by atomic mass is 10.00. The summed E-state index contributed by atoms with van der Waals surface area (Å²) in [6.45, 7) is 7.92. The highest BCUT2D eigenvalue weighted by atomic mass is 15.3. The molecule has 2 heterocycles. The minimum atomic E-state index is 0.556. The highest BCUT2D eigenvalue weighted by Gasteiger charge is 2.31. The second-order valence-corrected chi connectivity index (χ2v) is 6.31. The van der Waals surface area contributed by atoms with Crippen LogP contribution in [-0.2, 0) is 0 Å². The van der Waals surface area contributed by atoms with Crippen LogP contribution in [0.25, 0.3) is 0 Å². The fraction of sp³-hybridized carbons (Fsp3) is 0.733. The molecular formula is C15H24N4. The second kappa shape index (κ2) is 5.08. The highest BCUT2D eigenvalue weighted by Crippen LogP contribution is 2.38. The van der Waals surface area contributed by atoms with Gasteiger partial charge in [-0.25, -0.2) is 9.97 Å². The minimum Gasteiger partial charge on any atom is -0.351 e. The Morgan fingerprint density at radius 1 is 1.26 bits per heavy atom. The largest absolute Gasteiger partial charge is 0.351 e. The van der Waals surface area contributed by atoms with Gasteiger partial charge in [0, 0.05) is 37.8 Å². The third-order valence-electron chi connectivity index (χ3n) is 4.29. The number of likely N-dealkylation sites (N-methyl/N-ethyl adjacent to an activating group) is 1. The maximum Gasteiger partial charge on any atom is 0.133 e. The van der Waals surface area contributed by atoms with Crippen LogP contribution >= 0.6 is 0 Å². The normalized spacial score (nSPS) is 25.1. The third-order valence-corrected chi connectivity index (χ3v) is 4.29. The number of anilines is 1. The van der Waals surface area contributed by atoms with E-state index in [1.54, 1.807) is 0 Å². The summed E-state index contributed by atoms with van der Waals surface area (Å²) in [4.78, 5) is 14.2. The van der Waals surface area contributed by atoms with Crippen molar-refractivity contribution in [2.75, 3.05) is 31.6 Å². The van der Waals surface area contributed by atoms with E-state index in [1.807, 2.05) is 6.20 Å². The summed E-state index contributed by atoms with van der Waals surface area (Å²) in [5.41, 5.74) is 0. The van der Waals surface area contributed by atoms with Gasteiger partial charge in [-0.3, -0.25) is 0 Å². The van der Waals surface area contributed by atoms with Crippen LogP contribution in [0.5, 0.6) is 0 Å². The first-order valence-electron chi connectivity index (χ1n) is 7.43. The Balaban J connectivity index is 1.84. The van der Waals surface area contributed by atoms with Gasteiger partial charge in [-0.2, -0.15) is 0 Å². The maximum atomic E-state index is 4.81. The van der Waals surface area contributed by atoms with E-state index in [4.69, 9.17) is 4.98 Å². The summed E-state index contributed by atoms with van der Waals surface area (Å²) >= 11 is 0. The topological polar surface area (TPSA) is 32.3 Å². The molecule has 0 aromatic carbocycles. The minimum absolute atomic E-state index is 0.556. The second-order valence-electron chi connectivity index (χ2n) is 6.31. The first-order chi connectivity index (χ1) is 9.15. The van der Waals surface area contributed by atoms with E-state index < -0.39 is 0 Å². The number of hydrogen-bond acceptors (Lipinski definition) is 4. The Hall–Kier alpha value is -1.16. The molecule has 2 fully saturated rings. The van der Waals surface area contributed by atoms with Gasteiger partial charge in [-0.05, 0) is 31.9 Å². The molecule has 0 spiro atoms. The Bertz CT molecular complexity index is 442. The maximum absolute atomic E-state index is 4.81. The summed E-state index contributed by atoms with van der Waals surface area (Å²) in [5, 5.41) is 0. The predicted octanol–water partition coefficient (Wildman–Crippen LogP) is 2.13. The Morgan fingerprint density at radius 2 is 2.05 bits per heavy atom. The van der Waals surface area contributed by atoms with Crippen molar-refractivity contribution >= 4 is 5.82 Å². The van der Waals surface area contributed by atoms with Crippen LogP contribution in [0.15, 0.2) is 12.3 Å². The molecular weight excluding hydrogens is 236 g/mol. The quantitative estimate of drug-likeness (QED) is 0.833. The first-order valence-corrected chi connectivity index (χ1v) is 7.43. The monoisotopic (exact) mass is 260 g/mol. The highest BCUT2D eigenvalue weighted by molar-refractivity contribution is 5.40. The van der Waals surface area contributed by atoms with Crippen LogP contribution in [0.3, 0.4) is 0 Å². The molecule has 1 atom stereocenters. The summed E-state index contributed by atoms with van der Waals surface area (Å²) in [6, 6.07) is 2.63. The molecule has 0 radical (unpaired) electrons. The van der Waals surface area contributed by atoms with Gasteiger partial charge in [0.2, 0.25) is 0 Å². The molecule has 1 aromatic rings. The van der Waals surface area contributed by atoms with Crippen LogP contribution < -0.4 is 4.90 Å². The summed E-state index contributed by atoms with van der Waals surface area (Å²) < 4.78 is 0. The molecule has 0 bridgehead atoms. The summed E-state index contributed by atoms with van der Waals surface area (Å²) in [6.07, 6.45) is 4.46. The fourth-order valence-corrected chi connectivity index (χ4v) is 2.87. The smallest absolute Gasteiger partial charge is 0.133 e. The zero-order valence-electron chi connectivity index (χ0n) is 12.2. The van der Waals surface area contributed by atoms with Gasteiger partial charge in [0.05, 0.1) is 0 Å². The zero-order valence-corrected chi connectivity index (χ0v) is 12.2. The third kappa shape index (κ3) is 2.73. The molecule has 1 aromatic heterocycles. The standard InChI is InChI=1S/C15H24N4/c1-11(2)13-10-18(3)8-9-19(13)14-6-7-16-15(17-14)12-4-5-12/h6-7,11-13H,4-5,8-10H2,1-3H3. The van der Waals surface area contributed by atoms with Crippen molar-refractivity contribution < 1.29 is 0 Å². The van der Waals surface area contributed by atoms with Gasteiger partial charge in [-0.1, -0.05) is 13.8 Å². The average Bonchev–Trinajstić information content (AvgIpc) is 3.23. The molecule has 1 aliphatic heterocycles. The van der Waals surface area contributed by atoms with Crippen LogP contribution in [0, 0.1) is 5.92 Å². The summed E-state index contributed by atoms with van der Waals surface area (Å²) in [5.74, 6) is 3.45. The average molecular weight is 260 g/mol. The van der Waals surface area contributed by atoms with Crippen LogP contribution in [-0.4, -0.2) is 47.6 Å². The number of piperazine rings is 1.